The van der Waals surface area contributed by atoms with E-state index in [2.05, 4.69) is 44.2 Å². The molecular weight excluding hydrogens is 475 g/mol. The average Bonchev–Trinajstić information content (AvgIpc) is 3.40. The van der Waals surface area contributed by atoms with E-state index in [4.69, 9.17) is 4.74 Å². The lowest BCUT2D eigenvalue weighted by Gasteiger charge is -2.47. The molecule has 3 aliphatic rings. The first-order valence-corrected chi connectivity index (χ1v) is 13.4. The van der Waals surface area contributed by atoms with Crippen LogP contribution in [0.4, 0.5) is 20.8 Å². The van der Waals surface area contributed by atoms with Gasteiger partial charge in [-0.2, -0.15) is 5.10 Å². The number of amides is 2. The topological polar surface area (TPSA) is 103 Å². The molecule has 1 unspecified atom stereocenters. The number of anilines is 2. The molecule has 0 saturated carbocycles. The molecule has 0 bridgehead atoms. The van der Waals surface area contributed by atoms with E-state index in [9.17, 15) is 9.18 Å². The molecule has 2 amide bonds. The van der Waals surface area contributed by atoms with Gasteiger partial charge in [-0.05, 0) is 46.5 Å². The molecular formula is C26H39FN8O2. The largest absolute Gasteiger partial charge is 0.381 e. The Bertz CT molecular complexity index is 1130. The fraction of sp³-hybridized carbons (Fsp3) is 0.692. The molecule has 5 rings (SSSR count). The van der Waals surface area contributed by atoms with Crippen molar-refractivity contribution >= 4 is 17.7 Å². The van der Waals surface area contributed by atoms with Crippen LogP contribution >= 0.6 is 0 Å². The lowest BCUT2D eigenvalue weighted by atomic mass is 9.97. The number of ether oxygens (including phenoxy) is 1. The fourth-order valence-electron chi connectivity index (χ4n) is 5.83. The molecule has 2 saturated heterocycles. The maximum Gasteiger partial charge on any atom is 0.321 e. The first-order chi connectivity index (χ1) is 17.7. The normalized spacial score (nSPS) is 24.4. The minimum atomic E-state index is -0.583. The Labute approximate surface area is 218 Å². The Morgan fingerprint density at radius 3 is 2.70 bits per heavy atom. The SMILES string of the molecule is CCc1ncc(F)c(Nc2n[nH]c3c2CN(C(=O)N2CC(C)N(CC4CCOCC4)C[C@@H]2C)C3(C)C)n1. The summed E-state index contributed by atoms with van der Waals surface area (Å²) in [6.07, 6.45) is 4.00. The van der Waals surface area contributed by atoms with Crippen LogP contribution in [0.5, 0.6) is 0 Å². The van der Waals surface area contributed by atoms with Gasteiger partial charge in [0.05, 0.1) is 24.0 Å². The second kappa shape index (κ2) is 10.2. The third kappa shape index (κ3) is 4.90. The number of piperazine rings is 1. The highest BCUT2D eigenvalue weighted by molar-refractivity contribution is 5.78. The van der Waals surface area contributed by atoms with Crippen LogP contribution in [0.3, 0.4) is 0 Å². The zero-order chi connectivity index (χ0) is 26.3. The quantitative estimate of drug-likeness (QED) is 0.628. The number of hydrogen-bond acceptors (Lipinski definition) is 7. The molecule has 3 aliphatic heterocycles. The van der Waals surface area contributed by atoms with Gasteiger partial charge in [0.25, 0.3) is 0 Å². The Hall–Kier alpha value is -2.79. The minimum absolute atomic E-state index is 0.0205. The van der Waals surface area contributed by atoms with Crippen molar-refractivity contribution < 1.29 is 13.9 Å². The summed E-state index contributed by atoms with van der Waals surface area (Å²) >= 11 is 0. The number of rotatable bonds is 5. The van der Waals surface area contributed by atoms with Gasteiger partial charge in [-0.1, -0.05) is 6.92 Å². The number of hydrogen-bond donors (Lipinski definition) is 2. The first-order valence-electron chi connectivity index (χ1n) is 13.4. The maximum absolute atomic E-state index is 14.4. The number of nitrogens with one attached hydrogen (secondary N) is 2. The first kappa shape index (κ1) is 25.8. The number of urea groups is 1. The number of aromatic amines is 1. The van der Waals surface area contributed by atoms with E-state index in [1.807, 2.05) is 30.6 Å². The molecule has 2 aromatic rings. The van der Waals surface area contributed by atoms with E-state index in [0.29, 0.717) is 43.1 Å². The summed E-state index contributed by atoms with van der Waals surface area (Å²) in [7, 11) is 0. The summed E-state index contributed by atoms with van der Waals surface area (Å²) in [6, 6.07) is 0.419. The molecule has 5 heterocycles. The van der Waals surface area contributed by atoms with E-state index in [0.717, 1.165) is 50.4 Å². The van der Waals surface area contributed by atoms with Gasteiger partial charge in [-0.25, -0.2) is 19.2 Å². The summed E-state index contributed by atoms with van der Waals surface area (Å²) in [4.78, 5) is 28.6. The molecule has 0 radical (unpaired) electrons. The highest BCUT2D eigenvalue weighted by Crippen LogP contribution is 2.42. The van der Waals surface area contributed by atoms with Gasteiger partial charge in [0.2, 0.25) is 0 Å². The van der Waals surface area contributed by atoms with Gasteiger partial charge < -0.3 is 19.9 Å². The predicted octanol–water partition coefficient (Wildman–Crippen LogP) is 3.64. The Morgan fingerprint density at radius 2 is 1.97 bits per heavy atom. The predicted molar refractivity (Wildman–Crippen MR) is 138 cm³/mol. The van der Waals surface area contributed by atoms with Crippen LogP contribution in [0, 0.1) is 11.7 Å². The van der Waals surface area contributed by atoms with Gasteiger partial charge in [-0.3, -0.25) is 10.00 Å². The molecule has 2 fully saturated rings. The number of nitrogens with zero attached hydrogens (tertiary/aromatic N) is 6. The van der Waals surface area contributed by atoms with Crippen LogP contribution in [0.25, 0.3) is 0 Å². The summed E-state index contributed by atoms with van der Waals surface area (Å²) < 4.78 is 19.9. The summed E-state index contributed by atoms with van der Waals surface area (Å²) in [5, 5.41) is 10.5. The van der Waals surface area contributed by atoms with Crippen molar-refractivity contribution in [1.82, 2.24) is 34.9 Å². The third-order valence-electron chi connectivity index (χ3n) is 8.24. The smallest absolute Gasteiger partial charge is 0.321 e. The van der Waals surface area contributed by atoms with Crippen LogP contribution in [0.2, 0.25) is 0 Å². The summed E-state index contributed by atoms with van der Waals surface area (Å²) in [5.74, 6) is 1.25. The molecule has 0 aromatic carbocycles. The number of carbonyl (C=O) groups is 1. The fourth-order valence-corrected chi connectivity index (χ4v) is 5.83. The van der Waals surface area contributed by atoms with Gasteiger partial charge in [-0.15, -0.1) is 0 Å². The summed E-state index contributed by atoms with van der Waals surface area (Å²) in [5.41, 5.74) is 1.13. The Kier molecular flexibility index (Phi) is 7.10. The van der Waals surface area contributed by atoms with Crippen LogP contribution in [-0.2, 0) is 23.2 Å². The average molecular weight is 515 g/mol. The zero-order valence-electron chi connectivity index (χ0n) is 22.6. The van der Waals surface area contributed by atoms with E-state index in [1.54, 1.807) is 0 Å². The van der Waals surface area contributed by atoms with Crippen LogP contribution < -0.4 is 5.32 Å². The van der Waals surface area contributed by atoms with E-state index < -0.39 is 11.4 Å². The Morgan fingerprint density at radius 1 is 1.22 bits per heavy atom. The number of aryl methyl sites for hydroxylation is 1. The molecule has 11 heteroatoms. The van der Waals surface area contributed by atoms with Crippen molar-refractivity contribution in [3.63, 3.8) is 0 Å². The van der Waals surface area contributed by atoms with Crippen molar-refractivity contribution in [3.8, 4) is 0 Å². The van der Waals surface area contributed by atoms with Gasteiger partial charge in [0.1, 0.15) is 5.82 Å². The molecule has 202 valence electrons. The van der Waals surface area contributed by atoms with Crippen LogP contribution in [0.15, 0.2) is 6.20 Å². The second-order valence-corrected chi connectivity index (χ2v) is 11.2. The third-order valence-corrected chi connectivity index (χ3v) is 8.24. The van der Waals surface area contributed by atoms with Crippen molar-refractivity contribution in [3.05, 3.63) is 29.1 Å². The number of aromatic nitrogens is 4. The second-order valence-electron chi connectivity index (χ2n) is 11.2. The number of halogens is 1. The molecule has 10 nitrogen and oxygen atoms in total. The lowest BCUT2D eigenvalue weighted by molar-refractivity contribution is 0.00882. The summed E-state index contributed by atoms with van der Waals surface area (Å²) in [6.45, 7) is 15.0. The van der Waals surface area contributed by atoms with Crippen molar-refractivity contribution in [2.45, 2.75) is 78.0 Å². The maximum atomic E-state index is 14.4. The van der Waals surface area contributed by atoms with Crippen molar-refractivity contribution in [2.75, 3.05) is 38.2 Å². The Balaban J connectivity index is 1.29. The zero-order valence-corrected chi connectivity index (χ0v) is 22.6. The van der Waals surface area contributed by atoms with E-state index in [-0.39, 0.29) is 17.9 Å². The van der Waals surface area contributed by atoms with Gasteiger partial charge in [0.15, 0.2) is 17.5 Å². The van der Waals surface area contributed by atoms with Crippen molar-refractivity contribution in [1.29, 1.82) is 0 Å². The standard InChI is InChI=1S/C26H39FN8O2/c1-6-21-28-11-20(27)24(29-21)30-23-19-15-35(26(4,5)22(19)31-32-23)25(36)34-13-16(2)33(12-17(34)3)14-18-7-9-37-10-8-18/h11,16-18H,6-10,12-15H2,1-5H3,(H2,28,29,30,31,32)/t16?,17-/m0/s1. The van der Waals surface area contributed by atoms with E-state index in [1.165, 1.54) is 6.20 Å². The van der Waals surface area contributed by atoms with Gasteiger partial charge >= 0.3 is 6.03 Å². The van der Waals surface area contributed by atoms with Crippen LogP contribution in [-0.4, -0.2) is 85.8 Å². The molecule has 2 aromatic heterocycles. The highest BCUT2D eigenvalue weighted by Gasteiger charge is 2.47. The molecule has 0 spiro atoms. The molecule has 37 heavy (non-hydrogen) atoms. The molecule has 0 aliphatic carbocycles. The van der Waals surface area contributed by atoms with Crippen molar-refractivity contribution in [2.24, 2.45) is 5.92 Å². The lowest BCUT2D eigenvalue weighted by Crippen LogP contribution is -2.62. The monoisotopic (exact) mass is 514 g/mol. The molecule has 2 N–H and O–H groups in total. The highest BCUT2D eigenvalue weighted by atomic mass is 19.1. The van der Waals surface area contributed by atoms with E-state index >= 15 is 0 Å². The number of carbonyl (C=O) groups excluding carboxylic acids is 1. The minimum Gasteiger partial charge on any atom is -0.381 e. The van der Waals surface area contributed by atoms with Gasteiger partial charge in [0, 0.05) is 56.9 Å². The van der Waals surface area contributed by atoms with Crippen LogP contribution in [0.1, 0.15) is 64.5 Å². The number of H-pyrrole nitrogens is 1. The molecule has 2 atom stereocenters. The number of fused-ring (bicyclic) bond motifs is 1.